The van der Waals surface area contributed by atoms with Gasteiger partial charge in [-0.3, -0.25) is 4.79 Å². The van der Waals surface area contributed by atoms with Gasteiger partial charge in [-0.05, 0) is 38.9 Å². The number of rotatable bonds is 6. The molecule has 11 nitrogen and oxygen atoms in total. The predicted octanol–water partition coefficient (Wildman–Crippen LogP) is 1.05. The van der Waals surface area contributed by atoms with E-state index < -0.39 is 21.0 Å². The van der Waals surface area contributed by atoms with E-state index in [-0.39, 0.29) is 34.2 Å². The number of nitrogen functional groups attached to an aromatic ring is 1. The molecule has 0 saturated carbocycles. The number of carbonyl (C=O) groups is 1. The number of hydrogen-bond acceptors (Lipinski definition) is 10. The van der Waals surface area contributed by atoms with Crippen molar-refractivity contribution in [2.24, 2.45) is 0 Å². The molecule has 4 rings (SSSR count). The summed E-state index contributed by atoms with van der Waals surface area (Å²) in [5.41, 5.74) is 7.14. The maximum atomic E-state index is 12.3. The van der Waals surface area contributed by atoms with Crippen LogP contribution in [0.15, 0.2) is 39.8 Å². The molecule has 0 spiro atoms. The molecule has 1 unspecified atom stereocenters. The lowest BCUT2D eigenvalue weighted by Gasteiger charge is -2.09. The van der Waals surface area contributed by atoms with E-state index in [1.807, 2.05) is 0 Å². The number of aromatic nitrogens is 4. The Kier molecular flexibility index (Phi) is 5.89. The van der Waals surface area contributed by atoms with Crippen molar-refractivity contribution in [1.29, 1.82) is 0 Å². The predicted molar refractivity (Wildman–Crippen MR) is 116 cm³/mol. The van der Waals surface area contributed by atoms with E-state index in [1.165, 1.54) is 18.3 Å². The molecule has 0 aliphatic carbocycles. The molecule has 1 saturated heterocycles. The van der Waals surface area contributed by atoms with E-state index in [0.29, 0.717) is 17.8 Å². The summed E-state index contributed by atoms with van der Waals surface area (Å²) >= 11 is 0. The second kappa shape index (κ2) is 8.63. The quantitative estimate of drug-likeness (QED) is 0.487. The number of benzene rings is 1. The fraction of sp³-hybridized carbons (Fsp3) is 0.350. The molecule has 1 atom stereocenters. The van der Waals surface area contributed by atoms with E-state index >= 15 is 0 Å². The van der Waals surface area contributed by atoms with Crippen LogP contribution in [0.1, 0.15) is 31.0 Å². The van der Waals surface area contributed by atoms with Crippen LogP contribution in [-0.2, 0) is 9.84 Å². The molecule has 1 amide bonds. The van der Waals surface area contributed by atoms with Gasteiger partial charge in [0, 0.05) is 18.2 Å². The molecule has 1 fully saturated rings. The van der Waals surface area contributed by atoms with Crippen LogP contribution < -0.4 is 16.4 Å². The first-order valence-electron chi connectivity index (χ1n) is 10.1. The van der Waals surface area contributed by atoms with Crippen LogP contribution in [0.3, 0.4) is 0 Å². The Hall–Kier alpha value is -3.38. The molecular weight excluding hydrogens is 434 g/mol. The summed E-state index contributed by atoms with van der Waals surface area (Å²) < 4.78 is 30.1. The lowest BCUT2D eigenvalue weighted by atomic mass is 10.1. The molecule has 1 aromatic carbocycles. The Morgan fingerprint density at radius 3 is 2.66 bits per heavy atom. The number of nitrogens with two attached hydrogens (primary N) is 1. The molecule has 3 aromatic rings. The lowest BCUT2D eigenvalue weighted by molar-refractivity contribution is 0.0905. The molecule has 32 heavy (non-hydrogen) atoms. The van der Waals surface area contributed by atoms with Gasteiger partial charge in [-0.15, -0.1) is 10.2 Å². The number of carbonyl (C=O) groups excluding carboxylic acids is 1. The van der Waals surface area contributed by atoms with Crippen molar-refractivity contribution in [1.82, 2.24) is 30.8 Å². The topological polar surface area (TPSA) is 166 Å². The Balaban J connectivity index is 1.58. The summed E-state index contributed by atoms with van der Waals surface area (Å²) in [4.78, 5) is 21.1. The molecule has 1 aliphatic heterocycles. The number of nitrogens with zero attached hydrogens (tertiary/aromatic N) is 4. The third-order valence-corrected chi connectivity index (χ3v) is 7.29. The van der Waals surface area contributed by atoms with Crippen molar-refractivity contribution in [3.05, 3.63) is 36.4 Å². The Morgan fingerprint density at radius 1 is 1.25 bits per heavy atom. The van der Waals surface area contributed by atoms with Gasteiger partial charge in [0.15, 0.2) is 21.3 Å². The molecule has 4 N–H and O–H groups in total. The SMILES string of the molecule is CC(C)S(=O)(=O)c1ccc(-c2cnc(N)c(-c3nnc(C(=O)NC4CCNC4)o3)n2)cc1. The molecule has 0 bridgehead atoms. The van der Waals surface area contributed by atoms with Gasteiger partial charge in [0.1, 0.15) is 0 Å². The van der Waals surface area contributed by atoms with Crippen LogP contribution in [0.2, 0.25) is 0 Å². The van der Waals surface area contributed by atoms with Gasteiger partial charge in [-0.1, -0.05) is 12.1 Å². The molecule has 3 heterocycles. The minimum Gasteiger partial charge on any atom is -0.410 e. The zero-order valence-corrected chi connectivity index (χ0v) is 18.4. The molecule has 2 aromatic heterocycles. The first-order valence-corrected chi connectivity index (χ1v) is 11.6. The molecule has 168 valence electrons. The maximum Gasteiger partial charge on any atom is 0.309 e. The van der Waals surface area contributed by atoms with E-state index in [4.69, 9.17) is 10.2 Å². The van der Waals surface area contributed by atoms with E-state index in [9.17, 15) is 13.2 Å². The fourth-order valence-electron chi connectivity index (χ4n) is 3.22. The molecular formula is C20H23N7O4S. The fourth-order valence-corrected chi connectivity index (χ4v) is 4.28. The number of anilines is 1. The average molecular weight is 458 g/mol. The average Bonchev–Trinajstić information content (AvgIpc) is 3.46. The first kappa shape index (κ1) is 21.8. The van der Waals surface area contributed by atoms with E-state index in [2.05, 4.69) is 30.8 Å². The zero-order valence-electron chi connectivity index (χ0n) is 17.6. The van der Waals surface area contributed by atoms with Gasteiger partial charge >= 0.3 is 11.8 Å². The van der Waals surface area contributed by atoms with Crippen molar-refractivity contribution >= 4 is 21.6 Å². The second-order valence-corrected chi connectivity index (χ2v) is 10.2. The van der Waals surface area contributed by atoms with Gasteiger partial charge in [0.25, 0.3) is 5.89 Å². The van der Waals surface area contributed by atoms with E-state index in [1.54, 1.807) is 26.0 Å². The van der Waals surface area contributed by atoms with Gasteiger partial charge in [-0.25, -0.2) is 18.4 Å². The Morgan fingerprint density at radius 2 is 2.00 bits per heavy atom. The highest BCUT2D eigenvalue weighted by atomic mass is 32.2. The Bertz CT molecular complexity index is 1230. The normalized spacial score (nSPS) is 16.4. The van der Waals surface area contributed by atoms with Gasteiger partial charge in [-0.2, -0.15) is 0 Å². The summed E-state index contributed by atoms with van der Waals surface area (Å²) in [5.74, 6) is -0.641. The highest BCUT2D eigenvalue weighted by molar-refractivity contribution is 7.92. The maximum absolute atomic E-state index is 12.3. The smallest absolute Gasteiger partial charge is 0.309 e. The third kappa shape index (κ3) is 4.32. The van der Waals surface area contributed by atoms with Gasteiger partial charge in [0.2, 0.25) is 0 Å². The van der Waals surface area contributed by atoms with Crippen LogP contribution in [0.5, 0.6) is 0 Å². The molecule has 12 heteroatoms. The largest absolute Gasteiger partial charge is 0.410 e. The van der Waals surface area contributed by atoms with Crippen molar-refractivity contribution < 1.29 is 17.6 Å². The number of hydrogen-bond donors (Lipinski definition) is 3. The number of sulfone groups is 1. The van der Waals surface area contributed by atoms with Gasteiger partial charge in [0.05, 0.1) is 22.0 Å². The van der Waals surface area contributed by atoms with Crippen LogP contribution in [0, 0.1) is 0 Å². The Labute approximate surface area is 184 Å². The standard InChI is InChI=1S/C20H23N7O4S/c1-11(2)32(29,30)14-5-3-12(4-6-14)15-10-23-17(21)16(25-15)19-26-27-20(31-19)18(28)24-13-7-8-22-9-13/h3-6,10-11,13,22H,7-9H2,1-2H3,(H2,21,23)(H,24,28). The second-order valence-electron chi connectivity index (χ2n) is 7.68. The molecule has 0 radical (unpaired) electrons. The minimum atomic E-state index is -3.38. The first-order chi connectivity index (χ1) is 15.3. The third-order valence-electron chi connectivity index (χ3n) is 5.12. The summed E-state index contributed by atoms with van der Waals surface area (Å²) in [7, 11) is -3.38. The van der Waals surface area contributed by atoms with Crippen molar-refractivity contribution in [2.45, 2.75) is 36.5 Å². The lowest BCUT2D eigenvalue weighted by Crippen LogP contribution is -2.36. The van der Waals surface area contributed by atoms with E-state index in [0.717, 1.165) is 13.0 Å². The highest BCUT2D eigenvalue weighted by Crippen LogP contribution is 2.26. The highest BCUT2D eigenvalue weighted by Gasteiger charge is 2.24. The summed E-state index contributed by atoms with van der Waals surface area (Å²) in [6.45, 7) is 4.78. The van der Waals surface area contributed by atoms with Crippen molar-refractivity contribution in [3.63, 3.8) is 0 Å². The van der Waals surface area contributed by atoms with Crippen LogP contribution >= 0.6 is 0 Å². The summed E-state index contributed by atoms with van der Waals surface area (Å²) in [6, 6.07) is 6.34. The van der Waals surface area contributed by atoms with Crippen LogP contribution in [-0.4, -0.2) is 58.9 Å². The van der Waals surface area contributed by atoms with Crippen LogP contribution in [0.4, 0.5) is 5.82 Å². The minimum absolute atomic E-state index is 0.00789. The monoisotopic (exact) mass is 457 g/mol. The number of nitrogens with one attached hydrogen (secondary N) is 2. The zero-order chi connectivity index (χ0) is 22.9. The van der Waals surface area contributed by atoms with Crippen LogP contribution in [0.25, 0.3) is 22.8 Å². The van der Waals surface area contributed by atoms with Crippen molar-refractivity contribution in [3.8, 4) is 22.8 Å². The van der Waals surface area contributed by atoms with Crippen molar-refractivity contribution in [2.75, 3.05) is 18.8 Å². The van der Waals surface area contributed by atoms with Gasteiger partial charge < -0.3 is 20.8 Å². The number of amides is 1. The summed E-state index contributed by atoms with van der Waals surface area (Å²) in [5, 5.41) is 13.1. The summed E-state index contributed by atoms with van der Waals surface area (Å²) in [6.07, 6.45) is 2.28. The molecule has 1 aliphatic rings.